The summed E-state index contributed by atoms with van der Waals surface area (Å²) in [4.78, 5) is 23.7. The van der Waals surface area contributed by atoms with Crippen molar-refractivity contribution >= 4 is 23.2 Å². The Kier molecular flexibility index (Phi) is 7.46. The second kappa shape index (κ2) is 11.0. The highest BCUT2D eigenvalue weighted by Gasteiger charge is 2.36. The molecule has 1 amide bonds. The van der Waals surface area contributed by atoms with Crippen LogP contribution in [0.25, 0.3) is 11.3 Å². The summed E-state index contributed by atoms with van der Waals surface area (Å²) < 4.78 is 64.0. The first-order valence-corrected chi connectivity index (χ1v) is 12.6. The SMILES string of the molecule is COc1cc(N2CCN(C(C)=O)CC2)c(OC)cc1Nc1ncc(C(F)(F)F)c(-c2ccc3c(c2)OCCO3)n1. The lowest BCUT2D eigenvalue weighted by molar-refractivity contribution is -0.137. The highest BCUT2D eigenvalue weighted by Crippen LogP contribution is 2.42. The summed E-state index contributed by atoms with van der Waals surface area (Å²) in [5.74, 6) is 1.68. The summed E-state index contributed by atoms with van der Waals surface area (Å²) in [6.07, 6.45) is -3.94. The predicted octanol–water partition coefficient (Wildman–Crippen LogP) is 4.36. The Morgan fingerprint density at radius 3 is 2.33 bits per heavy atom. The van der Waals surface area contributed by atoms with Crippen LogP contribution in [-0.4, -0.2) is 74.4 Å². The van der Waals surface area contributed by atoms with Crippen LogP contribution in [0.15, 0.2) is 36.5 Å². The minimum Gasteiger partial charge on any atom is -0.494 e. The molecule has 0 aliphatic carbocycles. The van der Waals surface area contributed by atoms with Crippen molar-refractivity contribution in [2.24, 2.45) is 0 Å². The Labute approximate surface area is 228 Å². The van der Waals surface area contributed by atoms with E-state index in [1.807, 2.05) is 0 Å². The van der Waals surface area contributed by atoms with Crippen LogP contribution < -0.4 is 29.2 Å². The number of anilines is 3. The molecule has 5 rings (SSSR count). The van der Waals surface area contributed by atoms with E-state index in [2.05, 4.69) is 20.2 Å². The first kappa shape index (κ1) is 27.2. The number of benzene rings is 2. The monoisotopic (exact) mass is 559 g/mol. The number of aromatic nitrogens is 2. The quantitative estimate of drug-likeness (QED) is 0.472. The van der Waals surface area contributed by atoms with E-state index >= 15 is 0 Å². The number of carbonyl (C=O) groups excluding carboxylic acids is 1. The molecule has 0 bridgehead atoms. The highest BCUT2D eigenvalue weighted by atomic mass is 19.4. The van der Waals surface area contributed by atoms with Gasteiger partial charge in [-0.3, -0.25) is 4.79 Å². The number of carbonyl (C=O) groups is 1. The summed E-state index contributed by atoms with van der Waals surface area (Å²) in [6.45, 7) is 4.55. The largest absolute Gasteiger partial charge is 0.494 e. The summed E-state index contributed by atoms with van der Waals surface area (Å²) in [5, 5.41) is 2.98. The van der Waals surface area contributed by atoms with Crippen LogP contribution in [0.4, 0.5) is 30.5 Å². The Hall–Kier alpha value is -4.42. The number of halogens is 3. The van der Waals surface area contributed by atoms with Gasteiger partial charge in [0.05, 0.1) is 31.3 Å². The zero-order valence-electron chi connectivity index (χ0n) is 22.2. The number of amides is 1. The minimum absolute atomic E-state index is 0.0240. The maximum atomic E-state index is 13.9. The van der Waals surface area contributed by atoms with Gasteiger partial charge in [0, 0.05) is 57.0 Å². The first-order chi connectivity index (χ1) is 19.2. The molecule has 0 unspecified atom stereocenters. The molecule has 13 heteroatoms. The number of methoxy groups -OCH3 is 2. The van der Waals surface area contributed by atoms with Gasteiger partial charge in [-0.05, 0) is 18.2 Å². The lowest BCUT2D eigenvalue weighted by Gasteiger charge is -2.36. The molecular formula is C27H28F3N5O5. The van der Waals surface area contributed by atoms with E-state index in [9.17, 15) is 18.0 Å². The molecule has 212 valence electrons. The van der Waals surface area contributed by atoms with Crippen molar-refractivity contribution in [3.63, 3.8) is 0 Å². The van der Waals surface area contributed by atoms with Gasteiger partial charge in [0.25, 0.3) is 0 Å². The van der Waals surface area contributed by atoms with E-state index in [1.165, 1.54) is 26.4 Å². The number of ether oxygens (including phenoxy) is 4. The molecule has 0 saturated carbocycles. The molecule has 0 radical (unpaired) electrons. The molecule has 2 aliphatic heterocycles. The van der Waals surface area contributed by atoms with Crippen LogP contribution in [-0.2, 0) is 11.0 Å². The molecule has 40 heavy (non-hydrogen) atoms. The second-order valence-corrected chi connectivity index (χ2v) is 9.15. The summed E-state index contributed by atoms with van der Waals surface area (Å²) in [7, 11) is 3.01. The van der Waals surface area contributed by atoms with E-state index < -0.39 is 11.7 Å². The van der Waals surface area contributed by atoms with Crippen LogP contribution >= 0.6 is 0 Å². The van der Waals surface area contributed by atoms with Crippen molar-refractivity contribution in [2.45, 2.75) is 13.1 Å². The van der Waals surface area contributed by atoms with Crippen LogP contribution in [0.3, 0.4) is 0 Å². The van der Waals surface area contributed by atoms with Crippen LogP contribution in [0.2, 0.25) is 0 Å². The summed E-state index contributed by atoms with van der Waals surface area (Å²) in [5.41, 5.74) is 0.0653. The lowest BCUT2D eigenvalue weighted by atomic mass is 10.1. The van der Waals surface area contributed by atoms with E-state index in [-0.39, 0.29) is 23.1 Å². The van der Waals surface area contributed by atoms with Gasteiger partial charge < -0.3 is 34.1 Å². The number of nitrogens with one attached hydrogen (secondary N) is 1. The zero-order valence-corrected chi connectivity index (χ0v) is 22.2. The Morgan fingerprint density at radius 1 is 0.975 bits per heavy atom. The van der Waals surface area contributed by atoms with Crippen molar-refractivity contribution < 1.29 is 36.9 Å². The predicted molar refractivity (Wildman–Crippen MR) is 141 cm³/mol. The molecule has 3 heterocycles. The first-order valence-electron chi connectivity index (χ1n) is 12.6. The summed E-state index contributed by atoms with van der Waals surface area (Å²) >= 11 is 0. The number of fused-ring (bicyclic) bond motifs is 1. The number of hydrogen-bond donors (Lipinski definition) is 1. The molecular weight excluding hydrogens is 531 g/mol. The van der Waals surface area contributed by atoms with Crippen LogP contribution in [0.1, 0.15) is 12.5 Å². The van der Waals surface area contributed by atoms with Crippen molar-refractivity contribution in [1.29, 1.82) is 0 Å². The molecule has 1 saturated heterocycles. The third kappa shape index (κ3) is 5.49. The van der Waals surface area contributed by atoms with Gasteiger partial charge in [-0.15, -0.1) is 0 Å². The van der Waals surface area contributed by atoms with Crippen molar-refractivity contribution in [1.82, 2.24) is 14.9 Å². The maximum absolute atomic E-state index is 13.9. The number of hydrogen-bond acceptors (Lipinski definition) is 9. The Bertz CT molecular complexity index is 1410. The second-order valence-electron chi connectivity index (χ2n) is 9.15. The topological polar surface area (TPSA) is 98.3 Å². The van der Waals surface area contributed by atoms with Crippen molar-refractivity contribution in [3.8, 4) is 34.3 Å². The average Bonchev–Trinajstić information content (AvgIpc) is 2.96. The van der Waals surface area contributed by atoms with Crippen LogP contribution in [0, 0.1) is 0 Å². The average molecular weight is 560 g/mol. The zero-order chi connectivity index (χ0) is 28.4. The fourth-order valence-corrected chi connectivity index (χ4v) is 4.67. The van der Waals surface area contributed by atoms with Crippen molar-refractivity contribution in [3.05, 3.63) is 42.1 Å². The van der Waals surface area contributed by atoms with E-state index in [4.69, 9.17) is 18.9 Å². The standard InChI is InChI=1S/C27H28F3N5O5/c1-16(36)34-6-8-35(9-7-34)20-14-22(37-2)19(13-23(20)38-3)32-26-31-15-18(27(28,29)30)25(33-26)17-4-5-21-24(12-17)40-11-10-39-21/h4-5,12-15H,6-11H2,1-3H3,(H,31,32,33). The third-order valence-electron chi connectivity index (χ3n) is 6.72. The smallest absolute Gasteiger partial charge is 0.419 e. The van der Waals surface area contributed by atoms with Gasteiger partial charge >= 0.3 is 6.18 Å². The number of nitrogens with zero attached hydrogens (tertiary/aromatic N) is 4. The molecule has 2 aliphatic rings. The third-order valence-corrected chi connectivity index (χ3v) is 6.72. The van der Waals surface area contributed by atoms with Crippen molar-refractivity contribution in [2.75, 3.05) is 63.8 Å². The van der Waals surface area contributed by atoms with Gasteiger partial charge in [-0.25, -0.2) is 9.97 Å². The normalized spacial score (nSPS) is 15.1. The number of rotatable bonds is 6. The van der Waals surface area contributed by atoms with Gasteiger partial charge in [0.2, 0.25) is 11.9 Å². The molecule has 10 nitrogen and oxygen atoms in total. The number of piperazine rings is 1. The molecule has 1 N–H and O–H groups in total. The highest BCUT2D eigenvalue weighted by molar-refractivity contribution is 5.76. The lowest BCUT2D eigenvalue weighted by Crippen LogP contribution is -2.48. The minimum atomic E-state index is -4.68. The molecule has 0 atom stereocenters. The number of alkyl halides is 3. The molecule has 0 spiro atoms. The van der Waals surface area contributed by atoms with E-state index in [0.717, 1.165) is 11.9 Å². The van der Waals surface area contributed by atoms with Gasteiger partial charge in [0.15, 0.2) is 11.5 Å². The summed E-state index contributed by atoms with van der Waals surface area (Å²) in [6, 6.07) is 7.98. The maximum Gasteiger partial charge on any atom is 0.419 e. The molecule has 3 aromatic rings. The fraction of sp³-hybridized carbons (Fsp3) is 0.370. The van der Waals surface area contributed by atoms with Gasteiger partial charge in [0.1, 0.15) is 30.3 Å². The Balaban J connectivity index is 1.48. The van der Waals surface area contributed by atoms with Gasteiger partial charge in [-0.1, -0.05) is 0 Å². The van der Waals surface area contributed by atoms with E-state index in [0.29, 0.717) is 68.1 Å². The fourth-order valence-electron chi connectivity index (χ4n) is 4.67. The molecule has 1 fully saturated rings. The van der Waals surface area contributed by atoms with Crippen LogP contribution in [0.5, 0.6) is 23.0 Å². The van der Waals surface area contributed by atoms with Gasteiger partial charge in [-0.2, -0.15) is 13.2 Å². The van der Waals surface area contributed by atoms with E-state index in [1.54, 1.807) is 30.0 Å². The Morgan fingerprint density at radius 2 is 1.68 bits per heavy atom. The molecule has 2 aromatic carbocycles. The molecule has 1 aromatic heterocycles.